The number of benzene rings is 1. The fourth-order valence-electron chi connectivity index (χ4n) is 6.23. The third-order valence-electron chi connectivity index (χ3n) is 8.32. The monoisotopic (exact) mass is 703 g/mol. The predicted octanol–water partition coefficient (Wildman–Crippen LogP) is 7.17. The topological polar surface area (TPSA) is 114 Å². The van der Waals surface area contributed by atoms with Crippen LogP contribution in [-0.4, -0.2) is 30.5 Å². The molecule has 260 valence electrons. The summed E-state index contributed by atoms with van der Waals surface area (Å²) in [5.74, 6) is -12.0. The fraction of sp³-hybridized carbons (Fsp3) is 0.265. The number of nitrogens with one attached hydrogen (secondary N) is 2. The number of hydrogen-bond donors (Lipinski definition) is 2. The summed E-state index contributed by atoms with van der Waals surface area (Å²) < 4.78 is 116. The molecule has 0 aliphatic heterocycles. The summed E-state index contributed by atoms with van der Waals surface area (Å²) in [4.78, 5) is 47.6. The highest BCUT2D eigenvalue weighted by Crippen LogP contribution is 2.52. The van der Waals surface area contributed by atoms with Gasteiger partial charge in [0.2, 0.25) is 11.1 Å². The van der Waals surface area contributed by atoms with Gasteiger partial charge in [0.15, 0.2) is 5.78 Å². The number of Topliss-reactive ketones (excluding diaryl/α,β-unsaturated/α-hetero) is 1. The van der Waals surface area contributed by atoms with Gasteiger partial charge in [-0.25, -0.2) is 26.3 Å². The highest BCUT2D eigenvalue weighted by Gasteiger charge is 2.55. The summed E-state index contributed by atoms with van der Waals surface area (Å²) in [5, 5.41) is 3.35. The lowest BCUT2D eigenvalue weighted by molar-refractivity contribution is -0.121. The van der Waals surface area contributed by atoms with Crippen LogP contribution in [0.25, 0.3) is 22.4 Å². The summed E-state index contributed by atoms with van der Waals surface area (Å²) in [6, 6.07) is 11.2. The quantitative estimate of drug-likeness (QED) is 0.150. The van der Waals surface area contributed by atoms with E-state index in [0.717, 1.165) is 12.1 Å². The number of ketones is 1. The van der Waals surface area contributed by atoms with Crippen LogP contribution in [-0.2, 0) is 29.6 Å². The molecule has 6 rings (SSSR count). The maximum atomic E-state index is 15.0. The summed E-state index contributed by atoms with van der Waals surface area (Å²) >= 11 is 0. The molecule has 1 atom stereocenters. The molecule has 2 N–H and O–H groups in total. The summed E-state index contributed by atoms with van der Waals surface area (Å²) in [7, 11) is 0. The van der Waals surface area contributed by atoms with Crippen LogP contribution < -0.4 is 11.1 Å². The van der Waals surface area contributed by atoms with Crippen molar-refractivity contribution in [1.29, 1.82) is 0 Å². The molecular formula is C34H25F8N5O3. The van der Waals surface area contributed by atoms with Gasteiger partial charge in [-0.3, -0.25) is 24.0 Å². The Balaban J connectivity index is 1.48. The van der Waals surface area contributed by atoms with Crippen LogP contribution in [0.1, 0.15) is 59.8 Å². The smallest absolute Gasteiger partial charge is 0.290 e. The van der Waals surface area contributed by atoms with Gasteiger partial charge >= 0.3 is 0 Å². The third kappa shape index (κ3) is 7.00. The molecule has 8 nitrogen and oxygen atoms in total. The van der Waals surface area contributed by atoms with Crippen LogP contribution in [0.5, 0.6) is 0 Å². The number of carbonyl (C=O) groups excluding carboxylic acids is 1. The number of halogens is 8. The number of aromatic nitrogens is 5. The molecule has 0 bridgehead atoms. The van der Waals surface area contributed by atoms with Crippen molar-refractivity contribution in [3.05, 3.63) is 128 Å². The van der Waals surface area contributed by atoms with E-state index in [0.29, 0.717) is 17.2 Å². The van der Waals surface area contributed by atoms with Gasteiger partial charge in [0.1, 0.15) is 29.6 Å². The Morgan fingerprint density at radius 2 is 1.44 bits per heavy atom. The summed E-state index contributed by atoms with van der Waals surface area (Å²) in [6.45, 7) is -1.12. The molecule has 0 amide bonds. The lowest BCUT2D eigenvalue weighted by Gasteiger charge is -2.29. The molecule has 0 spiro atoms. The highest BCUT2D eigenvalue weighted by atomic mass is 19.3. The van der Waals surface area contributed by atoms with E-state index in [1.54, 1.807) is 6.07 Å². The van der Waals surface area contributed by atoms with E-state index in [1.807, 2.05) is 0 Å². The zero-order valence-corrected chi connectivity index (χ0v) is 25.6. The first-order valence-electron chi connectivity index (χ1n) is 15.1. The van der Waals surface area contributed by atoms with Crippen LogP contribution in [0.4, 0.5) is 35.1 Å². The number of nitrogens with zero attached hydrogens (tertiary/aromatic N) is 3. The molecule has 0 radical (unpaired) electrons. The normalized spacial score (nSPS) is 15.5. The Kier molecular flexibility index (Phi) is 9.05. The molecule has 0 unspecified atom stereocenters. The molecule has 0 saturated heterocycles. The lowest BCUT2D eigenvalue weighted by Crippen LogP contribution is -2.33. The van der Waals surface area contributed by atoms with E-state index in [4.69, 9.17) is 0 Å². The highest BCUT2D eigenvalue weighted by molar-refractivity contribution is 5.80. The molecule has 4 heterocycles. The molecular weight excluding hydrogens is 678 g/mol. The molecule has 5 aromatic rings. The molecule has 16 heteroatoms. The Morgan fingerprint density at radius 1 is 0.820 bits per heavy atom. The number of H-pyrrole nitrogens is 2. The molecule has 50 heavy (non-hydrogen) atoms. The maximum Gasteiger partial charge on any atom is 0.290 e. The van der Waals surface area contributed by atoms with E-state index in [-0.39, 0.29) is 33.6 Å². The van der Waals surface area contributed by atoms with Gasteiger partial charge in [0.25, 0.3) is 18.3 Å². The van der Waals surface area contributed by atoms with Crippen LogP contribution in [0.3, 0.4) is 0 Å². The molecule has 1 aliphatic carbocycles. The SMILES string of the molecule is O=C(C[C@@H](Cc1cc(F)cc(F)c1)c1nc(-c2cc[nH]c(=O)c2)ccc1-c1cc[nH]c(=O)c1)Cn1nc(C(F)F)c2c1C(F)(F)CCC2(F)F. The van der Waals surface area contributed by atoms with Gasteiger partial charge in [0, 0.05) is 66.9 Å². The van der Waals surface area contributed by atoms with Gasteiger partial charge in [-0.2, -0.15) is 13.9 Å². The van der Waals surface area contributed by atoms with Crippen LogP contribution >= 0.6 is 0 Å². The first-order valence-corrected chi connectivity index (χ1v) is 15.1. The molecule has 0 fully saturated rings. The van der Waals surface area contributed by atoms with Crippen LogP contribution in [0.15, 0.2) is 76.6 Å². The number of carbonyl (C=O) groups is 1. The standard InChI is InChI=1S/C34H25F8N5O3/c35-21-10-17(11-22(36)15-21)9-20(12-23(48)16-47-31-28(30(46-47)32(37)38)33(39,40)5-6-34(31,41)42)29-24(18-3-7-43-26(49)13-18)1-2-25(45-29)19-4-8-44-27(50)14-19/h1-4,7-8,10-11,13-15,20,32H,5-6,9,12,16H2,(H,43,49)(H,44,50)/t20-/m1/s1. The minimum atomic E-state index is -4.06. The number of rotatable bonds is 10. The zero-order chi connectivity index (χ0) is 36.0. The molecule has 1 aliphatic rings. The summed E-state index contributed by atoms with van der Waals surface area (Å²) in [6.07, 6.45) is -4.66. The van der Waals surface area contributed by atoms with E-state index in [9.17, 15) is 40.7 Å². The number of pyridine rings is 3. The van der Waals surface area contributed by atoms with Crippen LogP contribution in [0.2, 0.25) is 0 Å². The van der Waals surface area contributed by atoms with Gasteiger partial charge in [-0.1, -0.05) is 6.07 Å². The Hall–Kier alpha value is -5.41. The molecule has 4 aromatic heterocycles. The van der Waals surface area contributed by atoms with Crippen molar-refractivity contribution in [3.8, 4) is 22.4 Å². The number of fused-ring (bicyclic) bond motifs is 1. The van der Waals surface area contributed by atoms with E-state index >= 15 is 8.78 Å². The Bertz CT molecular complexity index is 2190. The van der Waals surface area contributed by atoms with Crippen molar-refractivity contribution < 1.29 is 39.9 Å². The number of alkyl halides is 6. The first-order chi connectivity index (χ1) is 23.6. The van der Waals surface area contributed by atoms with Gasteiger partial charge < -0.3 is 9.97 Å². The van der Waals surface area contributed by atoms with E-state index < -0.39 is 95.5 Å². The third-order valence-corrected chi connectivity index (χ3v) is 8.32. The van der Waals surface area contributed by atoms with Crippen molar-refractivity contribution in [2.75, 3.05) is 0 Å². The average Bonchev–Trinajstić information content (AvgIpc) is 3.44. The van der Waals surface area contributed by atoms with Crippen molar-refractivity contribution in [2.45, 2.75) is 56.4 Å². The molecule has 0 saturated carbocycles. The second-order valence-electron chi connectivity index (χ2n) is 11.9. The second-order valence-corrected chi connectivity index (χ2v) is 11.9. The van der Waals surface area contributed by atoms with Crippen molar-refractivity contribution in [3.63, 3.8) is 0 Å². The number of aromatic amines is 2. The lowest BCUT2D eigenvalue weighted by atomic mass is 9.86. The van der Waals surface area contributed by atoms with Crippen LogP contribution in [0, 0.1) is 11.6 Å². The maximum absolute atomic E-state index is 15.0. The van der Waals surface area contributed by atoms with Crippen molar-refractivity contribution >= 4 is 5.78 Å². The second kappa shape index (κ2) is 13.1. The van der Waals surface area contributed by atoms with Gasteiger partial charge in [-0.15, -0.1) is 0 Å². The Morgan fingerprint density at radius 3 is 2.08 bits per heavy atom. The summed E-state index contributed by atoms with van der Waals surface area (Å²) in [5.41, 5.74) is -4.39. The minimum Gasteiger partial charge on any atom is -0.329 e. The van der Waals surface area contributed by atoms with E-state index in [1.165, 1.54) is 42.7 Å². The predicted molar refractivity (Wildman–Crippen MR) is 163 cm³/mol. The Labute approximate surface area is 276 Å². The average molecular weight is 704 g/mol. The van der Waals surface area contributed by atoms with Crippen molar-refractivity contribution in [1.82, 2.24) is 24.7 Å². The van der Waals surface area contributed by atoms with Gasteiger partial charge in [-0.05, 0) is 47.9 Å². The van der Waals surface area contributed by atoms with Gasteiger partial charge in [0.05, 0.1) is 17.0 Å². The molecule has 1 aromatic carbocycles. The largest absolute Gasteiger partial charge is 0.329 e. The van der Waals surface area contributed by atoms with Crippen molar-refractivity contribution in [2.24, 2.45) is 0 Å². The first kappa shape index (κ1) is 34.5. The zero-order valence-electron chi connectivity index (χ0n) is 25.6. The minimum absolute atomic E-state index is 0.0446. The fourth-order valence-corrected chi connectivity index (χ4v) is 6.23. The number of hydrogen-bond acceptors (Lipinski definition) is 5. The van der Waals surface area contributed by atoms with E-state index in [2.05, 4.69) is 20.1 Å².